The van der Waals surface area contributed by atoms with E-state index >= 15 is 0 Å². The Bertz CT molecular complexity index is 602. The minimum atomic E-state index is 0.387. The normalized spacial score (nSPS) is 10.3. The van der Waals surface area contributed by atoms with Crippen molar-refractivity contribution in [2.45, 2.75) is 13.8 Å². The van der Waals surface area contributed by atoms with Gasteiger partial charge in [-0.3, -0.25) is 0 Å². The Balaban J connectivity index is 2.40. The molecule has 0 amide bonds. The van der Waals surface area contributed by atoms with Gasteiger partial charge in [0.15, 0.2) is 0 Å². The molecule has 0 atom stereocenters. The summed E-state index contributed by atoms with van der Waals surface area (Å²) >= 11 is 5.00. The van der Waals surface area contributed by atoms with E-state index in [0.717, 1.165) is 17.1 Å². The molecule has 1 heterocycles. The molecule has 0 aliphatic rings. The van der Waals surface area contributed by atoms with E-state index in [9.17, 15) is 0 Å². The topological polar surface area (TPSA) is 42.1 Å². The van der Waals surface area contributed by atoms with Crippen molar-refractivity contribution in [3.05, 3.63) is 53.2 Å². The molecule has 0 fully saturated rings. The number of hydrogen-bond donors (Lipinski definition) is 1. The maximum atomic E-state index is 5.65. The van der Waals surface area contributed by atoms with Gasteiger partial charge in [-0.2, -0.15) is 0 Å². The summed E-state index contributed by atoms with van der Waals surface area (Å²) in [5, 5.41) is 0. The van der Waals surface area contributed by atoms with E-state index in [0.29, 0.717) is 4.99 Å². The van der Waals surface area contributed by atoms with Crippen LogP contribution in [0.5, 0.6) is 0 Å². The smallest absolute Gasteiger partial charge is 0.133 e. The summed E-state index contributed by atoms with van der Waals surface area (Å²) in [6.07, 6.45) is 1.73. The summed E-state index contributed by atoms with van der Waals surface area (Å²) in [5.41, 5.74) is 10.0. The monoisotopic (exact) mass is 271 g/mol. The molecule has 0 radical (unpaired) electrons. The van der Waals surface area contributed by atoms with Crippen LogP contribution in [0.25, 0.3) is 0 Å². The van der Waals surface area contributed by atoms with Crippen LogP contribution in [-0.2, 0) is 0 Å². The van der Waals surface area contributed by atoms with Crippen molar-refractivity contribution < 1.29 is 0 Å². The van der Waals surface area contributed by atoms with Gasteiger partial charge < -0.3 is 10.6 Å². The van der Waals surface area contributed by atoms with E-state index in [-0.39, 0.29) is 0 Å². The van der Waals surface area contributed by atoms with E-state index in [4.69, 9.17) is 18.0 Å². The third-order valence-corrected chi connectivity index (χ3v) is 3.20. The van der Waals surface area contributed by atoms with Crippen LogP contribution in [0.1, 0.15) is 16.7 Å². The van der Waals surface area contributed by atoms with Gasteiger partial charge in [0, 0.05) is 24.5 Å². The first-order valence-electron chi connectivity index (χ1n) is 6.05. The second-order valence-corrected chi connectivity index (χ2v) is 5.11. The van der Waals surface area contributed by atoms with Crippen molar-refractivity contribution >= 4 is 28.7 Å². The third kappa shape index (κ3) is 3.09. The lowest BCUT2D eigenvalue weighted by Crippen LogP contribution is -2.14. The molecule has 2 rings (SSSR count). The number of thiocarbonyl (C=S) groups is 1. The van der Waals surface area contributed by atoms with Crippen molar-refractivity contribution in [3.8, 4) is 0 Å². The molecule has 0 saturated heterocycles. The summed E-state index contributed by atoms with van der Waals surface area (Å²) in [5.74, 6) is 0.829. The SMILES string of the molecule is Cc1cc(C)cc(N(C)c2cc(C(N)=S)ccn2)c1. The van der Waals surface area contributed by atoms with Gasteiger partial charge in [0.1, 0.15) is 10.8 Å². The fraction of sp³-hybridized carbons (Fsp3) is 0.200. The number of hydrogen-bond acceptors (Lipinski definition) is 3. The van der Waals surface area contributed by atoms with Crippen LogP contribution >= 0.6 is 12.2 Å². The van der Waals surface area contributed by atoms with E-state index in [1.54, 1.807) is 6.20 Å². The van der Waals surface area contributed by atoms with Crippen molar-refractivity contribution in [1.82, 2.24) is 4.98 Å². The number of nitrogens with two attached hydrogens (primary N) is 1. The van der Waals surface area contributed by atoms with Gasteiger partial charge in [-0.25, -0.2) is 4.98 Å². The summed E-state index contributed by atoms with van der Waals surface area (Å²) in [7, 11) is 1.99. The quantitative estimate of drug-likeness (QED) is 0.871. The number of aromatic nitrogens is 1. The molecule has 0 bridgehead atoms. The van der Waals surface area contributed by atoms with Gasteiger partial charge in [-0.15, -0.1) is 0 Å². The van der Waals surface area contributed by atoms with Crippen molar-refractivity contribution in [2.24, 2.45) is 5.73 Å². The number of aryl methyl sites for hydroxylation is 2. The molecule has 0 unspecified atom stereocenters. The third-order valence-electron chi connectivity index (χ3n) is 2.97. The number of nitrogens with zero attached hydrogens (tertiary/aromatic N) is 2. The Morgan fingerprint density at radius 1 is 1.16 bits per heavy atom. The molecule has 0 aliphatic carbocycles. The second kappa shape index (κ2) is 5.36. The summed E-state index contributed by atoms with van der Waals surface area (Å²) in [4.78, 5) is 6.78. The van der Waals surface area contributed by atoms with Gasteiger partial charge in [-0.1, -0.05) is 18.3 Å². The van der Waals surface area contributed by atoms with Crippen LogP contribution in [0.15, 0.2) is 36.5 Å². The van der Waals surface area contributed by atoms with Crippen LogP contribution in [-0.4, -0.2) is 17.0 Å². The summed E-state index contributed by atoms with van der Waals surface area (Å²) < 4.78 is 0. The van der Waals surface area contributed by atoms with Gasteiger partial charge >= 0.3 is 0 Å². The predicted molar refractivity (Wildman–Crippen MR) is 84.1 cm³/mol. The van der Waals surface area contributed by atoms with Crippen LogP contribution in [0, 0.1) is 13.8 Å². The number of benzene rings is 1. The molecule has 2 aromatic rings. The average Bonchev–Trinajstić information content (AvgIpc) is 2.37. The number of anilines is 2. The highest BCUT2D eigenvalue weighted by atomic mass is 32.1. The summed E-state index contributed by atoms with van der Waals surface area (Å²) in [6.45, 7) is 4.17. The highest BCUT2D eigenvalue weighted by molar-refractivity contribution is 7.80. The molecule has 0 spiro atoms. The molecule has 0 saturated carbocycles. The van der Waals surface area contributed by atoms with Crippen LogP contribution in [0.2, 0.25) is 0 Å². The molecular formula is C15H17N3S. The van der Waals surface area contributed by atoms with Crippen molar-refractivity contribution in [1.29, 1.82) is 0 Å². The number of rotatable bonds is 3. The first-order chi connectivity index (χ1) is 8.97. The molecule has 4 heteroatoms. The largest absolute Gasteiger partial charge is 0.389 e. The lowest BCUT2D eigenvalue weighted by molar-refractivity contribution is 1.12. The minimum Gasteiger partial charge on any atom is -0.389 e. The minimum absolute atomic E-state index is 0.387. The predicted octanol–water partition coefficient (Wildman–Crippen LogP) is 3.10. The van der Waals surface area contributed by atoms with E-state index in [1.807, 2.05) is 24.1 Å². The van der Waals surface area contributed by atoms with Crippen molar-refractivity contribution in [3.63, 3.8) is 0 Å². The Morgan fingerprint density at radius 2 is 1.79 bits per heavy atom. The van der Waals surface area contributed by atoms with Crippen LogP contribution < -0.4 is 10.6 Å². The molecule has 0 aliphatic heterocycles. The van der Waals surface area contributed by atoms with Crippen LogP contribution in [0.4, 0.5) is 11.5 Å². The zero-order valence-corrected chi connectivity index (χ0v) is 12.2. The molecule has 19 heavy (non-hydrogen) atoms. The maximum absolute atomic E-state index is 5.65. The molecule has 1 aromatic heterocycles. The first-order valence-corrected chi connectivity index (χ1v) is 6.46. The van der Waals surface area contributed by atoms with Gasteiger partial charge in [0.2, 0.25) is 0 Å². The highest BCUT2D eigenvalue weighted by Crippen LogP contribution is 2.24. The van der Waals surface area contributed by atoms with Gasteiger partial charge in [-0.05, 0) is 49.2 Å². The van der Waals surface area contributed by atoms with E-state index < -0.39 is 0 Å². The molecule has 2 N–H and O–H groups in total. The van der Waals surface area contributed by atoms with Crippen LogP contribution in [0.3, 0.4) is 0 Å². The number of pyridine rings is 1. The lowest BCUT2D eigenvalue weighted by atomic mass is 10.1. The fourth-order valence-corrected chi connectivity index (χ4v) is 2.16. The fourth-order valence-electron chi connectivity index (χ4n) is 2.03. The second-order valence-electron chi connectivity index (χ2n) is 4.67. The standard InChI is InChI=1S/C15H17N3S/c1-10-6-11(2)8-13(7-10)18(3)14-9-12(15(16)19)4-5-17-14/h4-9H,1-3H3,(H2,16,19). The van der Waals surface area contributed by atoms with E-state index in [2.05, 4.69) is 37.0 Å². The molecular weight excluding hydrogens is 254 g/mol. The highest BCUT2D eigenvalue weighted by Gasteiger charge is 2.08. The Kier molecular flexibility index (Phi) is 3.81. The van der Waals surface area contributed by atoms with Crippen molar-refractivity contribution in [2.75, 3.05) is 11.9 Å². The Hall–Kier alpha value is -1.94. The Morgan fingerprint density at radius 3 is 2.37 bits per heavy atom. The molecule has 1 aromatic carbocycles. The Labute approximate surface area is 119 Å². The maximum Gasteiger partial charge on any atom is 0.133 e. The van der Waals surface area contributed by atoms with Gasteiger partial charge in [0.25, 0.3) is 0 Å². The zero-order valence-electron chi connectivity index (χ0n) is 11.3. The first kappa shape index (κ1) is 13.5. The molecule has 98 valence electrons. The molecule has 3 nitrogen and oxygen atoms in total. The average molecular weight is 271 g/mol. The zero-order chi connectivity index (χ0) is 14.0. The van der Waals surface area contributed by atoms with E-state index in [1.165, 1.54) is 11.1 Å². The van der Waals surface area contributed by atoms with Gasteiger partial charge in [0.05, 0.1) is 0 Å². The lowest BCUT2D eigenvalue weighted by Gasteiger charge is -2.20. The summed E-state index contributed by atoms with van der Waals surface area (Å²) in [6, 6.07) is 10.1.